The summed E-state index contributed by atoms with van der Waals surface area (Å²) in [6, 6.07) is 12.9. The Morgan fingerprint density at radius 1 is 0.764 bits per heavy atom. The highest BCUT2D eigenvalue weighted by Gasteiger charge is 2.40. The average Bonchev–Trinajstić information content (AvgIpc) is 4.00. The Kier molecular flexibility index (Phi) is 12.0. The van der Waals surface area contributed by atoms with Gasteiger partial charge in [0.2, 0.25) is 17.7 Å². The van der Waals surface area contributed by atoms with Crippen LogP contribution in [0.4, 0.5) is 21.1 Å². The number of benzene rings is 2. The third kappa shape index (κ3) is 8.72. The first-order valence-corrected chi connectivity index (χ1v) is 18.8. The zero-order chi connectivity index (χ0) is 39.2. The van der Waals surface area contributed by atoms with Crippen LogP contribution < -0.4 is 21.3 Å². The number of hydrogen-bond acceptors (Lipinski definition) is 10. The van der Waals surface area contributed by atoms with E-state index in [2.05, 4.69) is 31.0 Å². The molecule has 0 spiro atoms. The third-order valence-corrected chi connectivity index (χ3v) is 10.8. The zero-order valence-corrected chi connectivity index (χ0v) is 31.8. The molecule has 0 aliphatic carbocycles. The second kappa shape index (κ2) is 17.0. The molecule has 2 aliphatic rings. The molecule has 2 unspecified atom stereocenters. The Morgan fingerprint density at radius 3 is 1.96 bits per heavy atom. The molecule has 17 heteroatoms. The van der Waals surface area contributed by atoms with Gasteiger partial charge >= 0.3 is 12.2 Å². The number of ether oxygens (including phenoxy) is 2. The van der Waals surface area contributed by atoms with E-state index in [1.807, 2.05) is 38.2 Å². The molecule has 4 atom stereocenters. The van der Waals surface area contributed by atoms with Gasteiger partial charge in [-0.3, -0.25) is 23.6 Å². The minimum atomic E-state index is -1.00. The maximum atomic E-state index is 13.7. The fourth-order valence-electron chi connectivity index (χ4n) is 6.90. The molecular weight excluding hydrogens is 729 g/mol. The number of anilines is 2. The maximum Gasteiger partial charge on any atom is 0.407 e. The zero-order valence-electron chi connectivity index (χ0n) is 30.9. The molecule has 0 saturated carbocycles. The summed E-state index contributed by atoms with van der Waals surface area (Å²) in [4.78, 5) is 86.9. The molecule has 2 aliphatic heterocycles. The predicted octanol–water partition coefficient (Wildman–Crippen LogP) is 4.40. The van der Waals surface area contributed by atoms with Gasteiger partial charge in [-0.15, -0.1) is 0 Å². The van der Waals surface area contributed by atoms with Gasteiger partial charge in [0.1, 0.15) is 24.2 Å². The molecule has 6 rings (SSSR count). The summed E-state index contributed by atoms with van der Waals surface area (Å²) in [5.41, 5.74) is 2.03. The Balaban J connectivity index is 1.07. The number of methoxy groups -OCH3 is 2. The molecule has 2 aromatic heterocycles. The van der Waals surface area contributed by atoms with E-state index in [9.17, 15) is 28.8 Å². The van der Waals surface area contributed by atoms with Gasteiger partial charge in [-0.1, -0.05) is 67.6 Å². The molecule has 55 heavy (non-hydrogen) atoms. The predicted molar refractivity (Wildman–Crippen MR) is 204 cm³/mol. The van der Waals surface area contributed by atoms with Crippen molar-refractivity contribution in [3.63, 3.8) is 0 Å². The number of fused-ring (bicyclic) bond motifs is 1. The molecular formula is C38H44N8O8S. The van der Waals surface area contributed by atoms with Gasteiger partial charge in [-0.05, 0) is 54.9 Å². The molecule has 2 aromatic carbocycles. The van der Waals surface area contributed by atoms with E-state index >= 15 is 0 Å². The van der Waals surface area contributed by atoms with Gasteiger partial charge in [0, 0.05) is 25.0 Å². The molecule has 4 N–H and O–H groups in total. The lowest BCUT2D eigenvalue weighted by molar-refractivity contribution is -0.139. The summed E-state index contributed by atoms with van der Waals surface area (Å²) in [7, 11) is 2.46. The Hall–Kier alpha value is -5.97. The van der Waals surface area contributed by atoms with Crippen molar-refractivity contribution in [3.05, 3.63) is 72.6 Å². The fourth-order valence-corrected chi connectivity index (χ4v) is 7.87. The maximum absolute atomic E-state index is 13.7. The Labute approximate surface area is 321 Å². The fraction of sp³-hybridized carbons (Fsp3) is 0.395. The highest BCUT2D eigenvalue weighted by atomic mass is 32.1. The average molecular weight is 773 g/mol. The third-order valence-electron chi connectivity index (χ3n) is 9.74. The van der Waals surface area contributed by atoms with Crippen LogP contribution in [0, 0.1) is 5.92 Å². The second-order valence-corrected chi connectivity index (χ2v) is 14.7. The molecule has 2 saturated heterocycles. The van der Waals surface area contributed by atoms with E-state index in [1.54, 1.807) is 47.0 Å². The minimum Gasteiger partial charge on any atom is -0.453 e. The number of aromatic nitrogens is 2. The largest absolute Gasteiger partial charge is 0.453 e. The lowest BCUT2D eigenvalue weighted by atomic mass is 10.0. The van der Waals surface area contributed by atoms with Crippen molar-refractivity contribution in [2.75, 3.05) is 37.9 Å². The van der Waals surface area contributed by atoms with Crippen molar-refractivity contribution >= 4 is 63.6 Å². The number of likely N-dealkylation sites (tertiary alicyclic amines) is 2. The van der Waals surface area contributed by atoms with E-state index in [4.69, 9.17) is 4.74 Å². The number of imidazole rings is 1. The van der Waals surface area contributed by atoms with Gasteiger partial charge in [0.15, 0.2) is 10.8 Å². The molecule has 16 nitrogen and oxygen atoms in total. The van der Waals surface area contributed by atoms with Gasteiger partial charge in [0.25, 0.3) is 5.91 Å². The smallest absolute Gasteiger partial charge is 0.407 e. The van der Waals surface area contributed by atoms with Crippen molar-refractivity contribution in [1.29, 1.82) is 0 Å². The van der Waals surface area contributed by atoms with Crippen molar-refractivity contribution in [2.24, 2.45) is 5.92 Å². The number of alkyl carbamates (subject to hydrolysis) is 2. The van der Waals surface area contributed by atoms with Crippen LogP contribution in [-0.4, -0.2) is 100 Å². The van der Waals surface area contributed by atoms with E-state index in [1.165, 1.54) is 35.4 Å². The van der Waals surface area contributed by atoms with Crippen LogP contribution in [0.15, 0.2) is 67.0 Å². The summed E-state index contributed by atoms with van der Waals surface area (Å²) in [6.45, 7) is 4.41. The Bertz CT molecular complexity index is 2020. The van der Waals surface area contributed by atoms with Crippen molar-refractivity contribution < 1.29 is 38.2 Å². The Morgan fingerprint density at radius 2 is 1.36 bits per heavy atom. The van der Waals surface area contributed by atoms with Gasteiger partial charge < -0.3 is 40.5 Å². The molecule has 6 amide bonds. The van der Waals surface area contributed by atoms with Gasteiger partial charge in [0.05, 0.1) is 25.3 Å². The lowest BCUT2D eigenvalue weighted by Crippen LogP contribution is -2.54. The quantitative estimate of drug-likeness (QED) is 0.171. The number of amides is 6. The first kappa shape index (κ1) is 38.7. The van der Waals surface area contributed by atoms with Crippen molar-refractivity contribution in [2.45, 2.75) is 63.7 Å². The standard InChI is InChI=1S/C38H44N8O8S/c1-22(2)30(42-37(51)53-3)34(49)45-18-9-13-27(45)33(48)40-29-21-44-20-28(55-36(44)41-29)23-14-16-25(17-15-23)39-32(47)26-12-8-19-46(26)35(50)31(43-38(52)54-4)24-10-6-5-7-11-24/h5-7,10-11,14-17,20-22,26-27,30-31H,8-9,12-13,18-19H2,1-4H3,(H,39,47)(H,40,48)(H,42,51)(H,43,52)/t26-,27?,30?,31-/m0/s1. The molecule has 4 aromatic rings. The number of thiazole rings is 1. The molecule has 4 heterocycles. The van der Waals surface area contributed by atoms with Crippen LogP contribution >= 0.6 is 11.3 Å². The van der Waals surface area contributed by atoms with Crippen LogP contribution in [0.2, 0.25) is 0 Å². The number of rotatable bonds is 11. The van der Waals surface area contributed by atoms with Crippen molar-refractivity contribution in [1.82, 2.24) is 29.8 Å². The normalized spacial score (nSPS) is 17.8. The SMILES string of the molecule is COC(=O)NC(C(=O)N1CCCC1C(=O)Nc1cn2cc(-c3ccc(NC(=O)[C@@H]4CCCN4C(=O)[C@@H](NC(=O)OC)c4ccccc4)cc3)sc2n1)C(C)C. The number of nitrogens with one attached hydrogen (secondary N) is 4. The van der Waals surface area contributed by atoms with Crippen LogP contribution in [0.1, 0.15) is 51.1 Å². The number of nitrogens with zero attached hydrogens (tertiary/aromatic N) is 4. The molecule has 2 fully saturated rings. The lowest BCUT2D eigenvalue weighted by Gasteiger charge is -2.30. The monoisotopic (exact) mass is 772 g/mol. The van der Waals surface area contributed by atoms with Crippen LogP contribution in [0.25, 0.3) is 15.4 Å². The van der Waals surface area contributed by atoms with Crippen LogP contribution in [0.3, 0.4) is 0 Å². The topological polar surface area (TPSA) is 193 Å². The number of carbonyl (C=O) groups is 6. The first-order valence-electron chi connectivity index (χ1n) is 18.0. The van der Waals surface area contributed by atoms with E-state index in [-0.39, 0.29) is 23.6 Å². The van der Waals surface area contributed by atoms with Gasteiger partial charge in [-0.25, -0.2) is 14.6 Å². The first-order chi connectivity index (χ1) is 26.5. The van der Waals surface area contributed by atoms with Crippen LogP contribution in [-0.2, 0) is 28.7 Å². The summed E-state index contributed by atoms with van der Waals surface area (Å²) in [5.74, 6) is -1.27. The summed E-state index contributed by atoms with van der Waals surface area (Å²) in [6.07, 6.45) is 4.41. The highest BCUT2D eigenvalue weighted by Crippen LogP contribution is 2.31. The van der Waals surface area contributed by atoms with Gasteiger partial charge in [-0.2, -0.15) is 0 Å². The molecule has 0 bridgehead atoms. The number of hydrogen-bond donors (Lipinski definition) is 4. The van der Waals surface area contributed by atoms with Crippen molar-refractivity contribution in [3.8, 4) is 10.4 Å². The number of carbonyl (C=O) groups excluding carboxylic acids is 6. The molecule has 0 radical (unpaired) electrons. The summed E-state index contributed by atoms with van der Waals surface area (Å²) < 4.78 is 11.2. The van der Waals surface area contributed by atoms with E-state index < -0.39 is 42.3 Å². The minimum absolute atomic E-state index is 0.210. The van der Waals surface area contributed by atoms with Crippen LogP contribution in [0.5, 0.6) is 0 Å². The summed E-state index contributed by atoms with van der Waals surface area (Å²) in [5, 5.41) is 11.0. The van der Waals surface area contributed by atoms with E-state index in [0.717, 1.165) is 10.4 Å². The summed E-state index contributed by atoms with van der Waals surface area (Å²) >= 11 is 1.41. The molecule has 290 valence electrons. The second-order valence-electron chi connectivity index (χ2n) is 13.7. The highest BCUT2D eigenvalue weighted by molar-refractivity contribution is 7.20. The van der Waals surface area contributed by atoms with E-state index in [0.29, 0.717) is 60.8 Å².